The van der Waals surface area contributed by atoms with Crippen LogP contribution in [-0.2, 0) is 16.6 Å². The Kier molecular flexibility index (Phi) is 7.45. The molecule has 0 aliphatic rings. The largest absolute Gasteiger partial charge is 0.495 e. The summed E-state index contributed by atoms with van der Waals surface area (Å²) >= 11 is 6.05. The van der Waals surface area contributed by atoms with Gasteiger partial charge in [0.1, 0.15) is 5.75 Å². The zero-order chi connectivity index (χ0) is 15.9. The van der Waals surface area contributed by atoms with Crippen molar-refractivity contribution in [2.75, 3.05) is 33.0 Å². The second kappa shape index (κ2) is 8.58. The Bertz CT molecular complexity index is 549. The molecule has 0 fully saturated rings. The molecule has 1 rings (SSSR count). The van der Waals surface area contributed by atoms with E-state index >= 15 is 0 Å². The zero-order valence-corrected chi connectivity index (χ0v) is 14.3. The van der Waals surface area contributed by atoms with E-state index in [9.17, 15) is 8.42 Å². The van der Waals surface area contributed by atoms with Crippen LogP contribution < -0.4 is 10.1 Å². The highest BCUT2D eigenvalue weighted by Crippen LogP contribution is 2.24. The van der Waals surface area contributed by atoms with Crippen LogP contribution >= 0.6 is 11.6 Å². The van der Waals surface area contributed by atoms with E-state index in [0.29, 0.717) is 30.4 Å². The van der Waals surface area contributed by atoms with Crippen molar-refractivity contribution in [1.29, 1.82) is 0 Å². The van der Waals surface area contributed by atoms with E-state index in [1.807, 2.05) is 25.1 Å². The summed E-state index contributed by atoms with van der Waals surface area (Å²) in [4.78, 5) is 0. The zero-order valence-electron chi connectivity index (χ0n) is 12.7. The van der Waals surface area contributed by atoms with Gasteiger partial charge in [0.2, 0.25) is 10.0 Å². The van der Waals surface area contributed by atoms with Crippen LogP contribution in [-0.4, -0.2) is 45.7 Å². The number of nitrogens with zero attached hydrogens (tertiary/aromatic N) is 1. The van der Waals surface area contributed by atoms with Gasteiger partial charge in [-0.1, -0.05) is 24.6 Å². The van der Waals surface area contributed by atoms with Gasteiger partial charge in [-0.3, -0.25) is 0 Å². The molecule has 0 aliphatic heterocycles. The fourth-order valence-electron chi connectivity index (χ4n) is 1.99. The Balaban J connectivity index is 2.33. The number of methoxy groups -OCH3 is 1. The summed E-state index contributed by atoms with van der Waals surface area (Å²) in [5, 5.41) is 3.87. The molecule has 0 radical (unpaired) electrons. The molecule has 0 saturated heterocycles. The molecule has 0 saturated carbocycles. The van der Waals surface area contributed by atoms with Crippen molar-refractivity contribution in [3.05, 3.63) is 28.8 Å². The Labute approximate surface area is 132 Å². The monoisotopic (exact) mass is 334 g/mol. The summed E-state index contributed by atoms with van der Waals surface area (Å²) in [6.45, 7) is 4.32. The summed E-state index contributed by atoms with van der Waals surface area (Å²) in [5.74, 6) is 0.659. The third-order valence-corrected chi connectivity index (χ3v) is 4.80. The van der Waals surface area contributed by atoms with Crippen molar-refractivity contribution < 1.29 is 13.2 Å². The first-order valence-corrected chi connectivity index (χ1v) is 9.09. The van der Waals surface area contributed by atoms with Gasteiger partial charge in [-0.15, -0.1) is 0 Å². The highest BCUT2D eigenvalue weighted by molar-refractivity contribution is 7.88. The molecule has 1 aromatic carbocycles. The minimum Gasteiger partial charge on any atom is -0.495 e. The van der Waals surface area contributed by atoms with Crippen LogP contribution in [0.3, 0.4) is 0 Å². The molecule has 0 aromatic heterocycles. The van der Waals surface area contributed by atoms with Crippen LogP contribution in [0.5, 0.6) is 5.75 Å². The van der Waals surface area contributed by atoms with E-state index in [4.69, 9.17) is 16.3 Å². The van der Waals surface area contributed by atoms with Crippen molar-refractivity contribution >= 4 is 21.6 Å². The smallest absolute Gasteiger partial charge is 0.211 e. The summed E-state index contributed by atoms with van der Waals surface area (Å²) < 4.78 is 29.4. The van der Waals surface area contributed by atoms with E-state index in [1.165, 1.54) is 10.6 Å². The first kappa shape index (κ1) is 18.2. The quantitative estimate of drug-likeness (QED) is 0.703. The average molecular weight is 335 g/mol. The van der Waals surface area contributed by atoms with E-state index in [2.05, 4.69) is 5.32 Å². The van der Waals surface area contributed by atoms with Gasteiger partial charge in [-0.25, -0.2) is 12.7 Å². The SMILES string of the molecule is CCN(CCCNCc1ccc(OC)c(Cl)c1)S(C)(=O)=O. The maximum Gasteiger partial charge on any atom is 0.211 e. The molecule has 0 aliphatic carbocycles. The van der Waals surface area contributed by atoms with E-state index in [1.54, 1.807) is 7.11 Å². The molecule has 0 unspecified atom stereocenters. The molecule has 0 heterocycles. The van der Waals surface area contributed by atoms with Gasteiger partial charge < -0.3 is 10.1 Å². The molecule has 1 aromatic rings. The molecule has 0 spiro atoms. The minimum atomic E-state index is -3.09. The lowest BCUT2D eigenvalue weighted by molar-refractivity contribution is 0.414. The topological polar surface area (TPSA) is 58.6 Å². The molecule has 120 valence electrons. The van der Waals surface area contributed by atoms with Crippen LogP contribution in [0.2, 0.25) is 5.02 Å². The maximum atomic E-state index is 11.4. The van der Waals surface area contributed by atoms with Gasteiger partial charge >= 0.3 is 0 Å². The van der Waals surface area contributed by atoms with Crippen molar-refractivity contribution in [2.24, 2.45) is 0 Å². The van der Waals surface area contributed by atoms with Crippen LogP contribution in [0.15, 0.2) is 18.2 Å². The predicted molar refractivity (Wildman–Crippen MR) is 86.4 cm³/mol. The number of ether oxygens (including phenoxy) is 1. The molecule has 7 heteroatoms. The number of hydrogen-bond donors (Lipinski definition) is 1. The Morgan fingerprint density at radius 2 is 2.10 bits per heavy atom. The number of benzene rings is 1. The van der Waals surface area contributed by atoms with Gasteiger partial charge in [0.15, 0.2) is 0 Å². The average Bonchev–Trinajstić information content (AvgIpc) is 2.41. The standard InChI is InChI=1S/C14H23ClN2O3S/c1-4-17(21(3,18)19)9-5-8-16-11-12-6-7-14(20-2)13(15)10-12/h6-7,10,16H,4-5,8-9,11H2,1-3H3. The second-order valence-electron chi connectivity index (χ2n) is 4.75. The van der Waals surface area contributed by atoms with E-state index in [0.717, 1.165) is 18.5 Å². The van der Waals surface area contributed by atoms with Crippen LogP contribution in [0, 0.1) is 0 Å². The lowest BCUT2D eigenvalue weighted by Gasteiger charge is -2.17. The first-order chi connectivity index (χ1) is 9.88. The second-order valence-corrected chi connectivity index (χ2v) is 7.14. The number of nitrogens with one attached hydrogen (secondary N) is 1. The predicted octanol–water partition coefficient (Wildman–Crippen LogP) is 2.11. The maximum absolute atomic E-state index is 11.4. The van der Waals surface area contributed by atoms with Crippen LogP contribution in [0.1, 0.15) is 18.9 Å². The normalized spacial score (nSPS) is 11.9. The third-order valence-electron chi connectivity index (χ3n) is 3.13. The summed E-state index contributed by atoms with van der Waals surface area (Å²) in [6, 6.07) is 5.65. The van der Waals surface area contributed by atoms with E-state index in [-0.39, 0.29) is 0 Å². The van der Waals surface area contributed by atoms with Crippen molar-refractivity contribution in [1.82, 2.24) is 9.62 Å². The van der Waals surface area contributed by atoms with Gasteiger partial charge in [-0.2, -0.15) is 0 Å². The molecule has 0 amide bonds. The molecular formula is C14H23ClN2O3S. The van der Waals surface area contributed by atoms with Gasteiger partial charge in [0.05, 0.1) is 18.4 Å². The Hall–Kier alpha value is -0.820. The number of sulfonamides is 1. The van der Waals surface area contributed by atoms with Crippen molar-refractivity contribution in [3.8, 4) is 5.75 Å². The van der Waals surface area contributed by atoms with E-state index < -0.39 is 10.0 Å². The third kappa shape index (κ3) is 6.22. The molecule has 1 N–H and O–H groups in total. The van der Waals surface area contributed by atoms with Crippen LogP contribution in [0.4, 0.5) is 0 Å². The Morgan fingerprint density at radius 1 is 1.38 bits per heavy atom. The van der Waals surface area contributed by atoms with Gasteiger partial charge in [0.25, 0.3) is 0 Å². The highest BCUT2D eigenvalue weighted by atomic mass is 35.5. The molecule has 0 atom stereocenters. The number of hydrogen-bond acceptors (Lipinski definition) is 4. The fourth-order valence-corrected chi connectivity index (χ4v) is 3.20. The number of halogens is 1. The minimum absolute atomic E-state index is 0.507. The first-order valence-electron chi connectivity index (χ1n) is 6.86. The lowest BCUT2D eigenvalue weighted by Crippen LogP contribution is -2.32. The van der Waals surface area contributed by atoms with Gasteiger partial charge in [0, 0.05) is 19.6 Å². The molecule has 5 nitrogen and oxygen atoms in total. The summed E-state index contributed by atoms with van der Waals surface area (Å²) in [7, 11) is -1.51. The molecular weight excluding hydrogens is 312 g/mol. The summed E-state index contributed by atoms with van der Waals surface area (Å²) in [6.07, 6.45) is 2.01. The highest BCUT2D eigenvalue weighted by Gasteiger charge is 2.12. The van der Waals surface area contributed by atoms with Crippen molar-refractivity contribution in [3.63, 3.8) is 0 Å². The van der Waals surface area contributed by atoms with Gasteiger partial charge in [-0.05, 0) is 30.7 Å². The number of rotatable bonds is 9. The van der Waals surface area contributed by atoms with Crippen LogP contribution in [0.25, 0.3) is 0 Å². The fraction of sp³-hybridized carbons (Fsp3) is 0.571. The van der Waals surface area contributed by atoms with Crippen molar-refractivity contribution in [2.45, 2.75) is 19.9 Å². The lowest BCUT2D eigenvalue weighted by atomic mass is 10.2. The summed E-state index contributed by atoms with van der Waals surface area (Å²) in [5.41, 5.74) is 1.07. The Morgan fingerprint density at radius 3 is 2.62 bits per heavy atom. The molecule has 21 heavy (non-hydrogen) atoms. The molecule has 0 bridgehead atoms.